The zero-order chi connectivity index (χ0) is 19.1. The molecule has 2 amide bonds. The number of hydrogen-bond acceptors (Lipinski definition) is 4. The highest BCUT2D eigenvalue weighted by molar-refractivity contribution is 7.80. The number of ether oxygens (including phenoxy) is 1. The van der Waals surface area contributed by atoms with Gasteiger partial charge in [0.15, 0.2) is 11.7 Å². The van der Waals surface area contributed by atoms with Crippen LogP contribution in [0.5, 0.6) is 5.75 Å². The lowest BCUT2D eigenvalue weighted by atomic mass is 10.2. The van der Waals surface area contributed by atoms with E-state index >= 15 is 0 Å². The first-order valence-corrected chi connectivity index (χ1v) is 8.47. The molecule has 8 heteroatoms. The Bertz CT molecular complexity index is 794. The summed E-state index contributed by atoms with van der Waals surface area (Å²) in [6, 6.07) is 13.8. The summed E-state index contributed by atoms with van der Waals surface area (Å²) >= 11 is 10.9. The SMILES string of the molecule is CC(=O)N(C)c1ccc(NC(=S)NC(=O)COc2ccc(Cl)cc2)cc1. The fourth-order valence-corrected chi connectivity index (χ4v) is 2.31. The number of carbonyl (C=O) groups is 2. The van der Waals surface area contributed by atoms with Gasteiger partial charge in [-0.3, -0.25) is 14.9 Å². The maximum atomic E-state index is 11.9. The lowest BCUT2D eigenvalue weighted by Gasteiger charge is -2.16. The quantitative estimate of drug-likeness (QED) is 0.766. The molecule has 136 valence electrons. The zero-order valence-corrected chi connectivity index (χ0v) is 15.9. The molecular weight excluding hydrogens is 374 g/mol. The van der Waals surface area contributed by atoms with E-state index in [2.05, 4.69) is 10.6 Å². The minimum absolute atomic E-state index is 0.0609. The number of carbonyl (C=O) groups excluding carboxylic acids is 2. The van der Waals surface area contributed by atoms with Crippen molar-refractivity contribution in [2.45, 2.75) is 6.92 Å². The van der Waals surface area contributed by atoms with Crippen molar-refractivity contribution >= 4 is 52.1 Å². The lowest BCUT2D eigenvalue weighted by Crippen LogP contribution is -2.37. The molecule has 0 aliphatic carbocycles. The summed E-state index contributed by atoms with van der Waals surface area (Å²) in [5.74, 6) is 0.0909. The molecule has 0 aromatic heterocycles. The number of amides is 2. The van der Waals surface area contributed by atoms with Gasteiger partial charge in [-0.05, 0) is 60.7 Å². The molecule has 2 N–H and O–H groups in total. The van der Waals surface area contributed by atoms with Gasteiger partial charge in [0.1, 0.15) is 5.75 Å². The van der Waals surface area contributed by atoms with Crippen molar-refractivity contribution in [3.63, 3.8) is 0 Å². The fraction of sp³-hybridized carbons (Fsp3) is 0.167. The summed E-state index contributed by atoms with van der Waals surface area (Å²) in [7, 11) is 1.69. The highest BCUT2D eigenvalue weighted by Gasteiger charge is 2.08. The number of halogens is 1. The van der Waals surface area contributed by atoms with Crippen molar-refractivity contribution in [2.24, 2.45) is 0 Å². The van der Waals surface area contributed by atoms with Crippen LogP contribution in [0.2, 0.25) is 5.02 Å². The maximum Gasteiger partial charge on any atom is 0.264 e. The summed E-state index contributed by atoms with van der Waals surface area (Å²) in [5.41, 5.74) is 1.45. The first-order chi connectivity index (χ1) is 12.3. The first kappa shape index (κ1) is 19.7. The van der Waals surface area contributed by atoms with Crippen LogP contribution in [-0.2, 0) is 9.59 Å². The van der Waals surface area contributed by atoms with Gasteiger partial charge in [-0.2, -0.15) is 0 Å². The third kappa shape index (κ3) is 6.02. The monoisotopic (exact) mass is 391 g/mol. The van der Waals surface area contributed by atoms with Gasteiger partial charge in [-0.1, -0.05) is 11.6 Å². The van der Waals surface area contributed by atoms with Crippen molar-refractivity contribution in [2.75, 3.05) is 23.9 Å². The summed E-state index contributed by atoms with van der Waals surface area (Å²) < 4.78 is 5.34. The number of anilines is 2. The van der Waals surface area contributed by atoms with Crippen LogP contribution in [0.3, 0.4) is 0 Å². The van der Waals surface area contributed by atoms with E-state index in [-0.39, 0.29) is 23.5 Å². The number of hydrogen-bond donors (Lipinski definition) is 2. The summed E-state index contributed by atoms with van der Waals surface area (Å²) in [4.78, 5) is 24.7. The van der Waals surface area contributed by atoms with Crippen molar-refractivity contribution in [1.82, 2.24) is 5.32 Å². The predicted molar refractivity (Wildman–Crippen MR) is 107 cm³/mol. The molecule has 0 saturated heterocycles. The minimum atomic E-state index is -0.384. The largest absolute Gasteiger partial charge is 0.484 e. The highest BCUT2D eigenvalue weighted by atomic mass is 35.5. The van der Waals surface area contributed by atoms with Crippen molar-refractivity contribution in [3.8, 4) is 5.75 Å². The molecule has 0 fully saturated rings. The van der Waals surface area contributed by atoms with Gasteiger partial charge >= 0.3 is 0 Å². The van der Waals surface area contributed by atoms with Gasteiger partial charge in [0, 0.05) is 30.4 Å². The van der Waals surface area contributed by atoms with Gasteiger partial charge in [0.2, 0.25) is 5.91 Å². The molecule has 0 spiro atoms. The molecule has 0 aliphatic heterocycles. The van der Waals surface area contributed by atoms with E-state index in [0.717, 1.165) is 5.69 Å². The average Bonchev–Trinajstić information content (AvgIpc) is 2.61. The Morgan fingerprint density at radius 2 is 1.73 bits per heavy atom. The van der Waals surface area contributed by atoms with Crippen LogP contribution >= 0.6 is 23.8 Å². The van der Waals surface area contributed by atoms with Gasteiger partial charge in [-0.25, -0.2) is 0 Å². The molecule has 0 bridgehead atoms. The van der Waals surface area contributed by atoms with Crippen molar-refractivity contribution < 1.29 is 14.3 Å². The van der Waals surface area contributed by atoms with Crippen LogP contribution in [0.15, 0.2) is 48.5 Å². The second kappa shape index (κ2) is 9.17. The Balaban J connectivity index is 1.81. The summed E-state index contributed by atoms with van der Waals surface area (Å²) in [6.07, 6.45) is 0. The number of thiocarbonyl (C=S) groups is 1. The van der Waals surface area contributed by atoms with Gasteiger partial charge in [0.25, 0.3) is 5.91 Å². The molecule has 2 aromatic rings. The van der Waals surface area contributed by atoms with Crippen LogP contribution in [0.25, 0.3) is 0 Å². The molecule has 0 atom stereocenters. The minimum Gasteiger partial charge on any atom is -0.484 e. The third-order valence-electron chi connectivity index (χ3n) is 3.42. The lowest BCUT2D eigenvalue weighted by molar-refractivity contribution is -0.121. The topological polar surface area (TPSA) is 70.7 Å². The second-order valence-corrected chi connectivity index (χ2v) is 6.21. The van der Waals surface area contributed by atoms with Crippen LogP contribution in [0.1, 0.15) is 6.92 Å². The Labute approximate surface area is 162 Å². The third-order valence-corrected chi connectivity index (χ3v) is 3.88. The van der Waals surface area contributed by atoms with Crippen molar-refractivity contribution in [1.29, 1.82) is 0 Å². The molecule has 2 aromatic carbocycles. The van der Waals surface area contributed by atoms with Crippen LogP contribution in [0, 0.1) is 0 Å². The molecule has 0 saturated carbocycles. The van der Waals surface area contributed by atoms with Gasteiger partial charge < -0.3 is 15.0 Å². The molecule has 26 heavy (non-hydrogen) atoms. The Morgan fingerprint density at radius 3 is 2.31 bits per heavy atom. The predicted octanol–water partition coefficient (Wildman–Crippen LogP) is 3.21. The van der Waals surface area contributed by atoms with E-state index in [4.69, 9.17) is 28.6 Å². The van der Waals surface area contributed by atoms with Crippen molar-refractivity contribution in [3.05, 3.63) is 53.6 Å². The second-order valence-electron chi connectivity index (χ2n) is 5.37. The van der Waals surface area contributed by atoms with E-state index in [9.17, 15) is 9.59 Å². The van der Waals surface area contributed by atoms with E-state index in [1.165, 1.54) is 11.8 Å². The van der Waals surface area contributed by atoms with Crippen LogP contribution in [0.4, 0.5) is 11.4 Å². The van der Waals surface area contributed by atoms with E-state index in [1.54, 1.807) is 55.6 Å². The van der Waals surface area contributed by atoms with E-state index in [0.29, 0.717) is 16.5 Å². The van der Waals surface area contributed by atoms with Crippen LogP contribution in [-0.4, -0.2) is 30.6 Å². The number of rotatable bonds is 5. The first-order valence-electron chi connectivity index (χ1n) is 7.68. The molecule has 6 nitrogen and oxygen atoms in total. The molecule has 2 rings (SSSR count). The van der Waals surface area contributed by atoms with Gasteiger partial charge in [0.05, 0.1) is 0 Å². The smallest absolute Gasteiger partial charge is 0.264 e. The standard InChI is InChI=1S/C18H18ClN3O3S/c1-12(23)22(2)15-7-5-14(6-8-15)20-18(26)21-17(24)11-25-16-9-3-13(19)4-10-16/h3-10H,11H2,1-2H3,(H2,20,21,24,26). The van der Waals surface area contributed by atoms with E-state index < -0.39 is 0 Å². The molecule has 0 heterocycles. The Hall–Kier alpha value is -2.64. The molecule has 0 aliphatic rings. The number of benzene rings is 2. The molecule has 0 radical (unpaired) electrons. The molecule has 0 unspecified atom stereocenters. The highest BCUT2D eigenvalue weighted by Crippen LogP contribution is 2.17. The van der Waals surface area contributed by atoms with Crippen LogP contribution < -0.4 is 20.3 Å². The Kier molecular flexibility index (Phi) is 6.94. The maximum absolute atomic E-state index is 11.9. The fourth-order valence-electron chi connectivity index (χ4n) is 1.95. The average molecular weight is 392 g/mol. The summed E-state index contributed by atoms with van der Waals surface area (Å²) in [5, 5.41) is 6.17. The Morgan fingerprint density at radius 1 is 1.12 bits per heavy atom. The molecular formula is C18H18ClN3O3S. The van der Waals surface area contributed by atoms with Gasteiger partial charge in [-0.15, -0.1) is 0 Å². The zero-order valence-electron chi connectivity index (χ0n) is 14.3. The number of nitrogens with zero attached hydrogens (tertiary/aromatic N) is 1. The summed E-state index contributed by atoms with van der Waals surface area (Å²) in [6.45, 7) is 1.31. The normalized spacial score (nSPS) is 9.96. The number of nitrogens with one attached hydrogen (secondary N) is 2. The van der Waals surface area contributed by atoms with E-state index in [1.807, 2.05) is 0 Å².